The summed E-state index contributed by atoms with van der Waals surface area (Å²) in [5.74, 6) is 0.467. The van der Waals surface area contributed by atoms with Gasteiger partial charge in [0.1, 0.15) is 8.07 Å². The summed E-state index contributed by atoms with van der Waals surface area (Å²) < 4.78 is 5.27. The van der Waals surface area contributed by atoms with Crippen LogP contribution in [0.4, 0.5) is 0 Å². The van der Waals surface area contributed by atoms with E-state index < -0.39 is 8.07 Å². The predicted molar refractivity (Wildman–Crippen MR) is 108 cm³/mol. The van der Waals surface area contributed by atoms with Gasteiger partial charge in [0, 0.05) is 0 Å². The van der Waals surface area contributed by atoms with Crippen molar-refractivity contribution in [2.45, 2.75) is 31.4 Å². The van der Waals surface area contributed by atoms with Crippen LogP contribution in [0.2, 0.25) is 11.6 Å². The molecule has 0 spiro atoms. The zero-order valence-electron chi connectivity index (χ0n) is 15.3. The lowest BCUT2D eigenvalue weighted by Gasteiger charge is -2.37. The minimum Gasteiger partial charge on any atom is -0.466 e. The number of rotatable bonds is 4. The maximum atomic E-state index is 12.2. The first-order chi connectivity index (χ1) is 12.8. The van der Waals surface area contributed by atoms with Crippen molar-refractivity contribution in [3.8, 4) is 0 Å². The molecule has 134 valence electrons. The van der Waals surface area contributed by atoms with E-state index in [1.807, 2.05) is 6.92 Å². The first-order valence-corrected chi connectivity index (χ1v) is 12.0. The molecule has 1 fully saturated rings. The molecule has 2 aromatic rings. The number of hydrogen-bond acceptors (Lipinski definition) is 2. The number of ether oxygens (including phenoxy) is 1. The Balaban J connectivity index is 1.75. The Kier molecular flexibility index (Phi) is 4.81. The second-order valence-electron chi connectivity index (χ2n) is 7.51. The second kappa shape index (κ2) is 7.24. The van der Waals surface area contributed by atoms with Gasteiger partial charge in [0.05, 0.1) is 12.5 Å². The molecule has 3 atom stereocenters. The summed E-state index contributed by atoms with van der Waals surface area (Å²) in [6, 6.07) is 23.5. The smallest absolute Gasteiger partial charge is 0.312 e. The Hall–Kier alpha value is -2.13. The van der Waals surface area contributed by atoms with Gasteiger partial charge in [-0.1, -0.05) is 89.6 Å². The lowest BCUT2D eigenvalue weighted by molar-refractivity contribution is -0.146. The number of hydrogen-bond donors (Lipinski definition) is 0. The van der Waals surface area contributed by atoms with Gasteiger partial charge in [0.15, 0.2) is 0 Å². The van der Waals surface area contributed by atoms with Crippen LogP contribution in [0, 0.1) is 11.8 Å². The van der Waals surface area contributed by atoms with Crippen molar-refractivity contribution in [3.63, 3.8) is 0 Å². The first-order valence-electron chi connectivity index (χ1n) is 9.71. The Morgan fingerprint density at radius 1 is 1.00 bits per heavy atom. The lowest BCUT2D eigenvalue weighted by atomic mass is 9.85. The standard InChI is InChI=1S/C23H26O2Si/c1-2-25-23(24)19-13-14-22-18(17-19)15-16-26(22,20-9-5-3-6-10-20)21-11-7-4-8-12-21/h3-14,18-19,22H,2,15-17H2,1H3/t18-,19+,22-/m0/s1. The van der Waals surface area contributed by atoms with Crippen LogP contribution in [0.5, 0.6) is 0 Å². The van der Waals surface area contributed by atoms with E-state index >= 15 is 0 Å². The van der Waals surface area contributed by atoms with Crippen LogP contribution in [0.1, 0.15) is 19.8 Å². The van der Waals surface area contributed by atoms with E-state index in [1.54, 1.807) is 0 Å². The molecule has 1 heterocycles. The van der Waals surface area contributed by atoms with Crippen molar-refractivity contribution in [2.24, 2.45) is 11.8 Å². The molecule has 2 nitrogen and oxygen atoms in total. The second-order valence-corrected chi connectivity index (χ2v) is 11.8. The van der Waals surface area contributed by atoms with Crippen LogP contribution in [0.3, 0.4) is 0 Å². The van der Waals surface area contributed by atoms with Gasteiger partial charge in [-0.3, -0.25) is 4.79 Å². The van der Waals surface area contributed by atoms with Gasteiger partial charge in [-0.15, -0.1) is 0 Å². The number of esters is 1. The summed E-state index contributed by atoms with van der Waals surface area (Å²) in [7, 11) is -1.87. The van der Waals surface area contributed by atoms with E-state index in [2.05, 4.69) is 72.8 Å². The lowest BCUT2D eigenvalue weighted by Crippen LogP contribution is -2.59. The normalized spacial score (nSPS) is 26.3. The van der Waals surface area contributed by atoms with Gasteiger partial charge in [-0.05, 0) is 30.8 Å². The Morgan fingerprint density at radius 2 is 1.62 bits per heavy atom. The highest BCUT2D eigenvalue weighted by Crippen LogP contribution is 2.50. The van der Waals surface area contributed by atoms with Crippen molar-refractivity contribution >= 4 is 24.4 Å². The number of allylic oxidation sites excluding steroid dienone is 1. The molecule has 0 unspecified atom stereocenters. The average molecular weight is 363 g/mol. The Morgan fingerprint density at radius 3 is 2.19 bits per heavy atom. The van der Waals surface area contributed by atoms with E-state index in [1.165, 1.54) is 22.8 Å². The maximum Gasteiger partial charge on any atom is 0.312 e. The molecular formula is C23H26O2Si. The summed E-state index contributed by atoms with van der Waals surface area (Å²) in [4.78, 5) is 12.2. The van der Waals surface area contributed by atoms with Crippen LogP contribution in [0.25, 0.3) is 0 Å². The van der Waals surface area contributed by atoms with Crippen molar-refractivity contribution in [1.82, 2.24) is 0 Å². The van der Waals surface area contributed by atoms with E-state index in [-0.39, 0.29) is 11.9 Å². The molecule has 1 saturated heterocycles. The zero-order chi connectivity index (χ0) is 18.0. The quantitative estimate of drug-likeness (QED) is 0.470. The molecule has 26 heavy (non-hydrogen) atoms. The first kappa shape index (κ1) is 17.3. The topological polar surface area (TPSA) is 26.3 Å². The largest absolute Gasteiger partial charge is 0.466 e. The zero-order valence-corrected chi connectivity index (χ0v) is 16.3. The summed E-state index contributed by atoms with van der Waals surface area (Å²) in [6.07, 6.45) is 6.66. The van der Waals surface area contributed by atoms with Crippen LogP contribution in [-0.2, 0) is 9.53 Å². The van der Waals surface area contributed by atoms with Crippen molar-refractivity contribution in [2.75, 3.05) is 6.61 Å². The summed E-state index contributed by atoms with van der Waals surface area (Å²) in [5, 5.41) is 3.05. The molecule has 1 aliphatic carbocycles. The monoisotopic (exact) mass is 362 g/mol. The van der Waals surface area contributed by atoms with Gasteiger partial charge in [0.2, 0.25) is 0 Å². The number of carbonyl (C=O) groups excluding carboxylic acids is 1. The molecule has 0 aromatic heterocycles. The Bertz CT molecular complexity index is 745. The fourth-order valence-electron chi connectivity index (χ4n) is 5.14. The molecule has 0 saturated carbocycles. The number of carbonyl (C=O) groups is 1. The van der Waals surface area contributed by atoms with E-state index in [0.717, 1.165) is 6.42 Å². The van der Waals surface area contributed by atoms with Gasteiger partial charge < -0.3 is 4.74 Å². The number of benzene rings is 2. The highest BCUT2D eigenvalue weighted by Gasteiger charge is 2.53. The molecule has 0 amide bonds. The minimum absolute atomic E-state index is 0.0548. The van der Waals surface area contributed by atoms with Gasteiger partial charge >= 0.3 is 5.97 Å². The Labute approximate surface area is 156 Å². The van der Waals surface area contributed by atoms with Crippen molar-refractivity contribution in [3.05, 3.63) is 72.8 Å². The third-order valence-corrected chi connectivity index (χ3v) is 11.9. The summed E-state index contributed by atoms with van der Waals surface area (Å²) in [5.41, 5.74) is 0.568. The predicted octanol–water partition coefficient (Wildman–Crippen LogP) is 3.78. The number of fused-ring (bicyclic) bond motifs is 1. The summed E-state index contributed by atoms with van der Waals surface area (Å²) in [6.45, 7) is 2.34. The third kappa shape index (κ3) is 2.84. The fraction of sp³-hybridized carbons (Fsp3) is 0.348. The maximum absolute atomic E-state index is 12.2. The average Bonchev–Trinajstić information content (AvgIpc) is 3.09. The molecule has 4 rings (SSSR count). The van der Waals surface area contributed by atoms with Crippen LogP contribution in [-0.4, -0.2) is 20.7 Å². The molecular weight excluding hydrogens is 336 g/mol. The minimum atomic E-state index is -1.87. The van der Waals surface area contributed by atoms with E-state index in [9.17, 15) is 4.79 Å². The molecule has 0 radical (unpaired) electrons. The van der Waals surface area contributed by atoms with Crippen LogP contribution < -0.4 is 10.4 Å². The van der Waals surface area contributed by atoms with E-state index in [4.69, 9.17) is 4.74 Å². The van der Waals surface area contributed by atoms with Crippen molar-refractivity contribution in [1.29, 1.82) is 0 Å². The highest BCUT2D eigenvalue weighted by atomic mass is 28.3. The molecule has 0 bridgehead atoms. The molecule has 1 aliphatic heterocycles. The fourth-order valence-corrected chi connectivity index (χ4v) is 11.1. The molecule has 3 heteroatoms. The van der Waals surface area contributed by atoms with Gasteiger partial charge in [-0.2, -0.15) is 0 Å². The van der Waals surface area contributed by atoms with Gasteiger partial charge in [0.25, 0.3) is 0 Å². The molecule has 0 N–H and O–H groups in total. The van der Waals surface area contributed by atoms with Crippen LogP contribution in [0.15, 0.2) is 72.8 Å². The summed E-state index contributed by atoms with van der Waals surface area (Å²) >= 11 is 0. The van der Waals surface area contributed by atoms with Crippen molar-refractivity contribution < 1.29 is 9.53 Å². The highest BCUT2D eigenvalue weighted by molar-refractivity contribution is 7.04. The molecule has 2 aromatic carbocycles. The van der Waals surface area contributed by atoms with Crippen LogP contribution >= 0.6 is 0 Å². The molecule has 2 aliphatic rings. The van der Waals surface area contributed by atoms with E-state index in [0.29, 0.717) is 18.1 Å². The third-order valence-electron chi connectivity index (χ3n) is 6.26. The van der Waals surface area contributed by atoms with Gasteiger partial charge in [-0.25, -0.2) is 0 Å². The SMILES string of the molecule is CCOC(=O)[C@@H]1C=C[C@H]2[C@@H](CC[Si]2(c2ccccc2)c2ccccc2)C1.